The molecule has 11 nitrogen and oxygen atoms in total. The van der Waals surface area contributed by atoms with Gasteiger partial charge in [0.15, 0.2) is 23.0 Å². The van der Waals surface area contributed by atoms with Crippen molar-refractivity contribution in [1.82, 2.24) is 9.80 Å². The molecule has 248 valence electrons. The summed E-state index contributed by atoms with van der Waals surface area (Å²) in [4.78, 5) is 29.9. The second kappa shape index (κ2) is 12.2. The maximum Gasteiger partial charge on any atom is 0.330 e. The van der Waals surface area contributed by atoms with Crippen LogP contribution in [0.15, 0.2) is 42.5 Å². The number of aryl methyl sites for hydroxylation is 1. The molecule has 5 atom stereocenters. The summed E-state index contributed by atoms with van der Waals surface area (Å²) in [5, 5.41) is 22.5. The molecule has 1 fully saturated rings. The summed E-state index contributed by atoms with van der Waals surface area (Å²) < 4.78 is 29.4. The summed E-state index contributed by atoms with van der Waals surface area (Å²) >= 11 is 0. The van der Waals surface area contributed by atoms with E-state index in [0.717, 1.165) is 22.3 Å². The van der Waals surface area contributed by atoms with E-state index in [1.165, 1.54) is 20.1 Å². The lowest BCUT2D eigenvalue weighted by Crippen LogP contribution is -2.68. The van der Waals surface area contributed by atoms with Gasteiger partial charge in [0.25, 0.3) is 0 Å². The molecule has 3 unspecified atom stereocenters. The molecule has 2 bridgehead atoms. The van der Waals surface area contributed by atoms with Crippen LogP contribution in [0.2, 0.25) is 0 Å². The summed E-state index contributed by atoms with van der Waals surface area (Å²) in [5.41, 5.74) is 5.35. The van der Waals surface area contributed by atoms with Gasteiger partial charge in [0.05, 0.1) is 25.3 Å². The number of nitrogens with zero attached hydrogens (tertiary/aromatic N) is 3. The van der Waals surface area contributed by atoms with Crippen molar-refractivity contribution in [1.29, 1.82) is 5.26 Å². The number of rotatable bonds is 6. The van der Waals surface area contributed by atoms with E-state index in [2.05, 4.69) is 15.9 Å². The first-order chi connectivity index (χ1) is 23.1. The molecule has 7 rings (SSSR count). The second-order valence-electron chi connectivity index (χ2n) is 12.7. The molecule has 0 aromatic heterocycles. The Bertz CT molecular complexity index is 1880. The van der Waals surface area contributed by atoms with Crippen molar-refractivity contribution in [2.24, 2.45) is 0 Å². The number of phenolic OH excluding ortho intramolecular Hbond substituents is 1. The number of hydrogen-bond acceptors (Lipinski definition) is 11. The van der Waals surface area contributed by atoms with Crippen LogP contribution in [-0.4, -0.2) is 72.5 Å². The van der Waals surface area contributed by atoms with E-state index in [1.54, 1.807) is 6.08 Å². The van der Waals surface area contributed by atoms with Gasteiger partial charge in [-0.3, -0.25) is 14.6 Å². The molecule has 0 aliphatic carbocycles. The topological polar surface area (TPSA) is 131 Å². The normalized spacial score (nSPS) is 23.9. The van der Waals surface area contributed by atoms with E-state index in [9.17, 15) is 20.0 Å². The summed E-state index contributed by atoms with van der Waals surface area (Å²) in [7, 11) is 3.51. The number of esters is 2. The number of aromatic hydroxyl groups is 1. The average Bonchev–Trinajstić information content (AvgIpc) is 3.56. The molecule has 3 aromatic carbocycles. The zero-order valence-corrected chi connectivity index (χ0v) is 27.5. The zero-order valence-electron chi connectivity index (χ0n) is 27.5. The highest BCUT2D eigenvalue weighted by Gasteiger charge is 2.57. The lowest BCUT2D eigenvalue weighted by molar-refractivity contribution is -0.143. The van der Waals surface area contributed by atoms with E-state index in [0.29, 0.717) is 52.5 Å². The molecule has 48 heavy (non-hydrogen) atoms. The van der Waals surface area contributed by atoms with Crippen molar-refractivity contribution in [2.75, 3.05) is 27.6 Å². The van der Waals surface area contributed by atoms with Crippen LogP contribution in [0, 0.1) is 25.2 Å². The molecule has 3 aromatic rings. The molecule has 4 aliphatic heterocycles. The minimum Gasteiger partial charge on any atom is -0.504 e. The Hall–Kier alpha value is -5.05. The van der Waals surface area contributed by atoms with E-state index >= 15 is 0 Å². The van der Waals surface area contributed by atoms with Crippen molar-refractivity contribution >= 4 is 18.0 Å². The molecule has 1 saturated heterocycles. The van der Waals surface area contributed by atoms with E-state index in [4.69, 9.17) is 23.7 Å². The first-order valence-electron chi connectivity index (χ1n) is 16.0. The Morgan fingerprint density at radius 3 is 2.54 bits per heavy atom. The number of carbonyl (C=O) groups is 2. The average molecular weight is 652 g/mol. The van der Waals surface area contributed by atoms with E-state index in [-0.39, 0.29) is 31.2 Å². The van der Waals surface area contributed by atoms with Gasteiger partial charge in [0, 0.05) is 47.3 Å². The fraction of sp³-hybridized carbons (Fsp3) is 0.378. The van der Waals surface area contributed by atoms with Gasteiger partial charge < -0.3 is 28.8 Å². The van der Waals surface area contributed by atoms with E-state index < -0.39 is 30.1 Å². The smallest absolute Gasteiger partial charge is 0.330 e. The fourth-order valence-electron chi connectivity index (χ4n) is 8.21. The molecule has 0 saturated carbocycles. The molecule has 4 heterocycles. The molecular formula is C37H37N3O8. The number of hydrogen-bond donors (Lipinski definition) is 1. The number of phenols is 1. The number of nitriles is 1. The summed E-state index contributed by atoms with van der Waals surface area (Å²) in [6, 6.07) is 11.7. The third-order valence-electron chi connectivity index (χ3n) is 10.1. The Kier molecular flexibility index (Phi) is 8.01. The number of methoxy groups -OCH3 is 1. The monoisotopic (exact) mass is 651 g/mol. The van der Waals surface area contributed by atoms with Crippen LogP contribution < -0.4 is 18.9 Å². The third kappa shape index (κ3) is 4.95. The van der Waals surface area contributed by atoms with Crippen molar-refractivity contribution in [2.45, 2.75) is 63.8 Å². The van der Waals surface area contributed by atoms with Crippen molar-refractivity contribution in [3.8, 4) is 34.8 Å². The fourth-order valence-corrected chi connectivity index (χ4v) is 8.21. The number of likely N-dealkylation sites (N-methyl/N-ethyl adjacent to an activating group) is 1. The number of ether oxygens (including phenoxy) is 5. The lowest BCUT2D eigenvalue weighted by atomic mass is 9.71. The van der Waals surface area contributed by atoms with Crippen molar-refractivity contribution < 1.29 is 38.4 Å². The van der Waals surface area contributed by atoms with Crippen LogP contribution in [0.25, 0.3) is 6.08 Å². The molecule has 0 spiro atoms. The maximum absolute atomic E-state index is 13.2. The van der Waals surface area contributed by atoms with Crippen LogP contribution in [0.3, 0.4) is 0 Å². The molecular weight excluding hydrogens is 614 g/mol. The second-order valence-corrected chi connectivity index (χ2v) is 12.7. The standard InChI is InChI=1S/C37H37N3O8/c1-19-13-23-14-25-27(16-38)40-26(32(39(25)4)30(23)33(43)34(19)44-5)15-24-31(37-36(46-18-47-37)20(2)35(24)48-21(3)41)28(40)17-45-29(42)12-11-22-9-7-6-8-10-22/h6-13,25-28,32,43H,14-15,17-18H2,1-5H3/b12-11+/t25?,26?,27-,28-,32?/m0/s1. The number of carbonyl (C=O) groups excluding carboxylic acids is 2. The predicted octanol–water partition coefficient (Wildman–Crippen LogP) is 4.70. The third-order valence-corrected chi connectivity index (χ3v) is 10.1. The lowest BCUT2D eigenvalue weighted by Gasteiger charge is -2.59. The van der Waals surface area contributed by atoms with Gasteiger partial charge in [-0.25, -0.2) is 4.79 Å². The van der Waals surface area contributed by atoms with Gasteiger partial charge in [0.1, 0.15) is 18.4 Å². The molecule has 0 amide bonds. The van der Waals surface area contributed by atoms with Crippen LogP contribution in [0.5, 0.6) is 28.7 Å². The highest BCUT2D eigenvalue weighted by molar-refractivity contribution is 5.87. The Morgan fingerprint density at radius 1 is 1.08 bits per heavy atom. The Morgan fingerprint density at radius 2 is 1.83 bits per heavy atom. The quantitative estimate of drug-likeness (QED) is 0.226. The van der Waals surface area contributed by atoms with Gasteiger partial charge in [0.2, 0.25) is 6.79 Å². The van der Waals surface area contributed by atoms with Gasteiger partial charge in [-0.1, -0.05) is 36.4 Å². The van der Waals surface area contributed by atoms with Crippen LogP contribution in [0.1, 0.15) is 58.0 Å². The van der Waals surface area contributed by atoms with Crippen LogP contribution in [-0.2, 0) is 27.2 Å². The van der Waals surface area contributed by atoms with Crippen LogP contribution in [0.4, 0.5) is 0 Å². The first kappa shape index (κ1) is 31.5. The number of fused-ring (bicyclic) bond motifs is 9. The summed E-state index contributed by atoms with van der Waals surface area (Å²) in [5.74, 6) is 0.735. The highest BCUT2D eigenvalue weighted by Crippen LogP contribution is 2.58. The minimum atomic E-state index is -0.669. The molecule has 0 radical (unpaired) electrons. The molecule has 11 heteroatoms. The van der Waals surface area contributed by atoms with Gasteiger partial charge >= 0.3 is 11.9 Å². The first-order valence-corrected chi connectivity index (χ1v) is 16.0. The van der Waals surface area contributed by atoms with Gasteiger partial charge in [-0.2, -0.15) is 5.26 Å². The summed E-state index contributed by atoms with van der Waals surface area (Å²) in [6.07, 6.45) is 3.93. The maximum atomic E-state index is 13.2. The predicted molar refractivity (Wildman–Crippen MR) is 174 cm³/mol. The van der Waals surface area contributed by atoms with Gasteiger partial charge in [-0.05, 0) is 56.5 Å². The molecule has 1 N–H and O–H groups in total. The minimum absolute atomic E-state index is 0.0298. The van der Waals surface area contributed by atoms with Crippen LogP contribution >= 0.6 is 0 Å². The zero-order chi connectivity index (χ0) is 33.9. The number of piperazine rings is 1. The van der Waals surface area contributed by atoms with Gasteiger partial charge in [-0.15, -0.1) is 0 Å². The largest absolute Gasteiger partial charge is 0.504 e. The SMILES string of the molecule is COc1c(C)cc2c(c1O)C1C3Cc4c(OC(C)=O)c(C)c5c(c4[C@H](COC(=O)/C=C/c4ccccc4)N3[C@@H](C#N)C(C2)N1C)OCO5. The Labute approximate surface area is 278 Å². The van der Waals surface area contributed by atoms with E-state index in [1.807, 2.05) is 57.3 Å². The highest BCUT2D eigenvalue weighted by atomic mass is 16.7. The number of benzene rings is 3. The van der Waals surface area contributed by atoms with Crippen molar-refractivity contribution in [3.05, 3.63) is 81.4 Å². The summed E-state index contributed by atoms with van der Waals surface area (Å²) in [6.45, 7) is 4.91. The van der Waals surface area contributed by atoms with Crippen molar-refractivity contribution in [3.63, 3.8) is 0 Å². The molecule has 4 aliphatic rings. The Balaban J connectivity index is 1.39.